The third kappa shape index (κ3) is 4.81. The predicted molar refractivity (Wildman–Crippen MR) is 128 cm³/mol. The first-order chi connectivity index (χ1) is 16.0. The molecule has 0 amide bonds. The number of sulfonamides is 1. The first kappa shape index (κ1) is 21.4. The Bertz CT molecular complexity index is 1380. The summed E-state index contributed by atoms with van der Waals surface area (Å²) >= 11 is 0. The SMILES string of the molecule is CS(=O)(=O)Nc1cccc(-c2nc(N3CCOCC3)nc3c2ncn3Cc2ccccc2)c1. The number of benzene rings is 2. The van der Waals surface area contributed by atoms with E-state index in [0.717, 1.165) is 23.0 Å². The van der Waals surface area contributed by atoms with E-state index in [-0.39, 0.29) is 0 Å². The van der Waals surface area contributed by atoms with Crippen molar-refractivity contribution in [3.8, 4) is 11.3 Å². The van der Waals surface area contributed by atoms with Crippen molar-refractivity contribution in [2.45, 2.75) is 6.54 Å². The number of hydrogen-bond acceptors (Lipinski definition) is 7. The number of morpholine rings is 1. The molecular weight excluding hydrogens is 440 g/mol. The Morgan fingerprint density at radius 2 is 1.82 bits per heavy atom. The van der Waals surface area contributed by atoms with Crippen LogP contribution in [0.3, 0.4) is 0 Å². The molecule has 0 unspecified atom stereocenters. The molecule has 3 heterocycles. The largest absolute Gasteiger partial charge is 0.378 e. The standard InChI is InChI=1S/C23H24N6O3S/c1-33(30,31)27-19-9-5-8-18(14-19)20-21-22(26-23(25-20)28-10-12-32-13-11-28)29(16-24-21)15-17-6-3-2-4-7-17/h2-9,14,16,27H,10-13,15H2,1H3. The molecule has 170 valence electrons. The third-order valence-corrected chi connectivity index (χ3v) is 5.99. The lowest BCUT2D eigenvalue weighted by Gasteiger charge is -2.27. The molecule has 5 rings (SSSR count). The smallest absolute Gasteiger partial charge is 0.229 e. The van der Waals surface area contributed by atoms with Gasteiger partial charge in [0.15, 0.2) is 5.65 Å². The van der Waals surface area contributed by atoms with E-state index in [9.17, 15) is 8.42 Å². The first-order valence-corrected chi connectivity index (χ1v) is 12.5. The van der Waals surface area contributed by atoms with Crippen molar-refractivity contribution >= 4 is 32.8 Å². The number of nitrogens with one attached hydrogen (secondary N) is 1. The van der Waals surface area contributed by atoms with Crippen LogP contribution in [-0.4, -0.2) is 60.5 Å². The summed E-state index contributed by atoms with van der Waals surface area (Å²) in [6, 6.07) is 17.3. The van der Waals surface area contributed by atoms with E-state index in [1.807, 2.05) is 28.8 Å². The van der Waals surface area contributed by atoms with Gasteiger partial charge < -0.3 is 14.2 Å². The summed E-state index contributed by atoms with van der Waals surface area (Å²) < 4.78 is 33.5. The van der Waals surface area contributed by atoms with Gasteiger partial charge in [-0.3, -0.25) is 4.72 Å². The van der Waals surface area contributed by atoms with Crippen LogP contribution in [0.5, 0.6) is 0 Å². The lowest BCUT2D eigenvalue weighted by atomic mass is 10.1. The average molecular weight is 465 g/mol. The zero-order valence-corrected chi connectivity index (χ0v) is 19.0. The summed E-state index contributed by atoms with van der Waals surface area (Å²) in [6.45, 7) is 3.27. The van der Waals surface area contributed by atoms with Crippen molar-refractivity contribution in [1.82, 2.24) is 19.5 Å². The van der Waals surface area contributed by atoms with E-state index in [4.69, 9.17) is 14.7 Å². The van der Waals surface area contributed by atoms with Gasteiger partial charge in [0.2, 0.25) is 16.0 Å². The summed E-state index contributed by atoms with van der Waals surface area (Å²) in [5.74, 6) is 0.608. The summed E-state index contributed by atoms with van der Waals surface area (Å²) in [5, 5.41) is 0. The maximum absolute atomic E-state index is 11.7. The van der Waals surface area contributed by atoms with Crippen LogP contribution in [0.25, 0.3) is 22.4 Å². The topological polar surface area (TPSA) is 102 Å². The van der Waals surface area contributed by atoms with Gasteiger partial charge in [0.25, 0.3) is 0 Å². The molecule has 1 aliphatic rings. The summed E-state index contributed by atoms with van der Waals surface area (Å²) in [7, 11) is -3.40. The Labute approximate surface area is 192 Å². The zero-order chi connectivity index (χ0) is 22.8. The molecule has 0 bridgehead atoms. The zero-order valence-electron chi connectivity index (χ0n) is 18.2. The minimum Gasteiger partial charge on any atom is -0.378 e. The molecule has 1 saturated heterocycles. The minimum absolute atomic E-state index is 0.471. The normalized spacial score (nSPS) is 14.5. The van der Waals surface area contributed by atoms with Gasteiger partial charge in [-0.25, -0.2) is 18.4 Å². The highest BCUT2D eigenvalue weighted by Gasteiger charge is 2.20. The first-order valence-electron chi connectivity index (χ1n) is 10.6. The third-order valence-electron chi connectivity index (χ3n) is 5.38. The molecule has 1 fully saturated rings. The number of fused-ring (bicyclic) bond motifs is 1. The second-order valence-corrected chi connectivity index (χ2v) is 9.71. The number of aromatic nitrogens is 4. The van der Waals surface area contributed by atoms with E-state index < -0.39 is 10.0 Å². The molecule has 0 aliphatic carbocycles. The molecule has 4 aromatic rings. The Morgan fingerprint density at radius 3 is 2.58 bits per heavy atom. The molecule has 1 N–H and O–H groups in total. The molecular formula is C23H24N6O3S. The highest BCUT2D eigenvalue weighted by atomic mass is 32.2. The molecule has 0 radical (unpaired) electrons. The predicted octanol–water partition coefficient (Wildman–Crippen LogP) is 2.75. The molecule has 2 aromatic heterocycles. The van der Waals surface area contributed by atoms with Crippen LogP contribution in [0.4, 0.5) is 11.6 Å². The van der Waals surface area contributed by atoms with E-state index in [1.165, 1.54) is 0 Å². The van der Waals surface area contributed by atoms with Crippen molar-refractivity contribution in [2.24, 2.45) is 0 Å². The van der Waals surface area contributed by atoms with Crippen LogP contribution >= 0.6 is 0 Å². The van der Waals surface area contributed by atoms with E-state index in [1.54, 1.807) is 24.5 Å². The van der Waals surface area contributed by atoms with Gasteiger partial charge in [0.05, 0.1) is 32.3 Å². The summed E-state index contributed by atoms with van der Waals surface area (Å²) in [5.41, 5.74) is 4.43. The lowest BCUT2D eigenvalue weighted by Crippen LogP contribution is -2.37. The van der Waals surface area contributed by atoms with E-state index in [0.29, 0.717) is 55.7 Å². The fraction of sp³-hybridized carbons (Fsp3) is 0.261. The molecule has 1 aliphatic heterocycles. The number of imidazole rings is 1. The maximum atomic E-state index is 11.7. The van der Waals surface area contributed by atoms with Crippen LogP contribution in [0.2, 0.25) is 0 Å². The van der Waals surface area contributed by atoms with Crippen molar-refractivity contribution < 1.29 is 13.2 Å². The Balaban J connectivity index is 1.63. The van der Waals surface area contributed by atoms with Gasteiger partial charge in [-0.05, 0) is 17.7 Å². The van der Waals surface area contributed by atoms with Crippen molar-refractivity contribution in [2.75, 3.05) is 42.2 Å². The van der Waals surface area contributed by atoms with E-state index >= 15 is 0 Å². The van der Waals surface area contributed by atoms with Gasteiger partial charge >= 0.3 is 0 Å². The number of anilines is 2. The van der Waals surface area contributed by atoms with Gasteiger partial charge in [0.1, 0.15) is 11.2 Å². The molecule has 2 aromatic carbocycles. The number of hydrogen-bond donors (Lipinski definition) is 1. The van der Waals surface area contributed by atoms with Crippen LogP contribution in [-0.2, 0) is 21.3 Å². The molecule has 33 heavy (non-hydrogen) atoms. The van der Waals surface area contributed by atoms with Gasteiger partial charge in [-0.1, -0.05) is 42.5 Å². The van der Waals surface area contributed by atoms with Crippen molar-refractivity contribution in [1.29, 1.82) is 0 Å². The quantitative estimate of drug-likeness (QED) is 0.468. The monoisotopic (exact) mass is 464 g/mol. The minimum atomic E-state index is -3.40. The molecule has 9 nitrogen and oxygen atoms in total. The fourth-order valence-electron chi connectivity index (χ4n) is 3.88. The van der Waals surface area contributed by atoms with Crippen molar-refractivity contribution in [3.05, 3.63) is 66.5 Å². The molecule has 10 heteroatoms. The maximum Gasteiger partial charge on any atom is 0.229 e. The number of nitrogens with zero attached hydrogens (tertiary/aromatic N) is 5. The van der Waals surface area contributed by atoms with Crippen LogP contribution in [0.1, 0.15) is 5.56 Å². The molecule has 0 spiro atoms. The molecule has 0 saturated carbocycles. The molecule has 0 atom stereocenters. The number of rotatable bonds is 6. The van der Waals surface area contributed by atoms with Crippen LogP contribution in [0.15, 0.2) is 60.9 Å². The fourth-order valence-corrected chi connectivity index (χ4v) is 4.43. The Hall–Kier alpha value is -3.50. The Morgan fingerprint density at radius 1 is 1.03 bits per heavy atom. The van der Waals surface area contributed by atoms with Gasteiger partial charge in [-0.2, -0.15) is 4.98 Å². The van der Waals surface area contributed by atoms with Gasteiger partial charge in [-0.15, -0.1) is 0 Å². The average Bonchev–Trinajstić information content (AvgIpc) is 3.21. The van der Waals surface area contributed by atoms with Gasteiger partial charge in [0, 0.05) is 24.3 Å². The summed E-state index contributed by atoms with van der Waals surface area (Å²) in [4.78, 5) is 16.5. The second-order valence-electron chi connectivity index (χ2n) is 7.96. The van der Waals surface area contributed by atoms with Crippen LogP contribution < -0.4 is 9.62 Å². The highest BCUT2D eigenvalue weighted by Crippen LogP contribution is 2.30. The lowest BCUT2D eigenvalue weighted by molar-refractivity contribution is 0.122. The Kier molecular flexibility index (Phi) is 5.69. The highest BCUT2D eigenvalue weighted by molar-refractivity contribution is 7.92. The number of ether oxygens (including phenoxy) is 1. The van der Waals surface area contributed by atoms with Crippen LogP contribution in [0, 0.1) is 0 Å². The second kappa shape index (κ2) is 8.80. The summed E-state index contributed by atoms with van der Waals surface area (Å²) in [6.07, 6.45) is 2.90. The van der Waals surface area contributed by atoms with E-state index in [2.05, 4.69) is 26.7 Å². The van der Waals surface area contributed by atoms with Crippen molar-refractivity contribution in [3.63, 3.8) is 0 Å².